The van der Waals surface area contributed by atoms with Gasteiger partial charge in [0.05, 0.1) is 12.6 Å². The Bertz CT molecular complexity index is 1050. The van der Waals surface area contributed by atoms with E-state index < -0.39 is 0 Å². The summed E-state index contributed by atoms with van der Waals surface area (Å²) >= 11 is 0. The molecular formula is C24H27N3O2. The second-order valence-electron chi connectivity index (χ2n) is 8.25. The number of benzene rings is 2. The molecule has 2 aliphatic rings. The van der Waals surface area contributed by atoms with E-state index in [2.05, 4.69) is 29.1 Å². The highest BCUT2D eigenvalue weighted by atomic mass is 16.5. The van der Waals surface area contributed by atoms with Crippen LogP contribution in [0.15, 0.2) is 48.5 Å². The first-order valence-corrected chi connectivity index (χ1v) is 10.4. The first-order chi connectivity index (χ1) is 14.1. The maximum atomic E-state index is 12.9. The number of hydrogen-bond donors (Lipinski definition) is 1. The van der Waals surface area contributed by atoms with Gasteiger partial charge >= 0.3 is 0 Å². The Balaban J connectivity index is 1.47. The summed E-state index contributed by atoms with van der Waals surface area (Å²) in [6, 6.07) is 15.9. The molecule has 1 spiro atoms. The third-order valence-corrected chi connectivity index (χ3v) is 6.91. The summed E-state index contributed by atoms with van der Waals surface area (Å²) in [6.45, 7) is 2.58. The molecule has 0 unspecified atom stereocenters. The van der Waals surface area contributed by atoms with Crippen LogP contribution in [0.3, 0.4) is 0 Å². The first kappa shape index (κ1) is 18.3. The Morgan fingerprint density at radius 1 is 1.07 bits per heavy atom. The monoisotopic (exact) mass is 389 g/mol. The van der Waals surface area contributed by atoms with E-state index in [-0.39, 0.29) is 11.4 Å². The lowest BCUT2D eigenvalue weighted by molar-refractivity contribution is 0.0231. The second kappa shape index (κ2) is 6.92. The Hall–Kier alpha value is -2.79. The van der Waals surface area contributed by atoms with Gasteiger partial charge in [-0.05, 0) is 62.2 Å². The number of hydrogen-bond acceptors (Lipinski definition) is 3. The Kier molecular flexibility index (Phi) is 4.36. The lowest BCUT2D eigenvalue weighted by Gasteiger charge is -2.49. The molecule has 0 atom stereocenters. The van der Waals surface area contributed by atoms with Crippen LogP contribution >= 0.6 is 0 Å². The highest BCUT2D eigenvalue weighted by Gasteiger charge is 2.45. The number of amides is 1. The van der Waals surface area contributed by atoms with Crippen LogP contribution in [0.1, 0.15) is 34.5 Å². The topological polar surface area (TPSA) is 48.6 Å². The maximum absolute atomic E-state index is 12.9. The van der Waals surface area contributed by atoms with Crippen molar-refractivity contribution in [1.29, 1.82) is 0 Å². The van der Waals surface area contributed by atoms with Crippen molar-refractivity contribution < 1.29 is 9.53 Å². The molecule has 1 amide bonds. The molecule has 29 heavy (non-hydrogen) atoms. The molecular weight excluding hydrogens is 362 g/mol. The van der Waals surface area contributed by atoms with E-state index in [0.717, 1.165) is 50.2 Å². The van der Waals surface area contributed by atoms with Gasteiger partial charge in [0.1, 0.15) is 5.75 Å². The maximum Gasteiger partial charge on any atom is 0.253 e. The third kappa shape index (κ3) is 2.84. The molecule has 150 valence electrons. The molecule has 0 radical (unpaired) electrons. The molecule has 1 aromatic heterocycles. The van der Waals surface area contributed by atoms with Crippen LogP contribution in [0.25, 0.3) is 10.9 Å². The number of aromatic nitrogens is 1. The van der Waals surface area contributed by atoms with Gasteiger partial charge < -0.3 is 14.6 Å². The highest BCUT2D eigenvalue weighted by molar-refractivity contribution is 5.94. The van der Waals surface area contributed by atoms with Crippen LogP contribution in [0.2, 0.25) is 0 Å². The van der Waals surface area contributed by atoms with E-state index in [0.29, 0.717) is 0 Å². The van der Waals surface area contributed by atoms with Gasteiger partial charge in [-0.1, -0.05) is 18.2 Å². The van der Waals surface area contributed by atoms with Crippen molar-refractivity contribution in [1.82, 2.24) is 14.8 Å². The SMILES string of the molecule is COc1ccc2[nH]c3c(c2c1)CCN(C)C31CCN(C(=O)c2ccccc2)CC1. The Labute approximate surface area is 171 Å². The van der Waals surface area contributed by atoms with Crippen LogP contribution in [0, 0.1) is 0 Å². The van der Waals surface area contributed by atoms with Crippen LogP contribution in [0.4, 0.5) is 0 Å². The van der Waals surface area contributed by atoms with Crippen molar-refractivity contribution in [2.45, 2.75) is 24.8 Å². The quantitative estimate of drug-likeness (QED) is 0.725. The molecule has 0 aliphatic carbocycles. The van der Waals surface area contributed by atoms with Crippen LogP contribution < -0.4 is 4.74 Å². The lowest BCUT2D eigenvalue weighted by atomic mass is 9.77. The molecule has 1 fully saturated rings. The van der Waals surface area contributed by atoms with Gasteiger partial charge in [-0.25, -0.2) is 0 Å². The molecule has 1 saturated heterocycles. The predicted molar refractivity (Wildman–Crippen MR) is 114 cm³/mol. The number of H-pyrrole nitrogens is 1. The fourth-order valence-corrected chi connectivity index (χ4v) is 5.17. The molecule has 3 heterocycles. The number of rotatable bonds is 2. The summed E-state index contributed by atoms with van der Waals surface area (Å²) in [5.41, 5.74) is 4.67. The molecule has 3 aromatic rings. The minimum Gasteiger partial charge on any atom is -0.497 e. The standard InChI is InChI=1S/C24H27N3O2/c1-26-13-10-19-20-16-18(29-2)8-9-21(20)25-22(19)24(26)11-14-27(15-12-24)23(28)17-6-4-3-5-7-17/h3-9,16,25H,10-15H2,1-2H3. The van der Waals surface area contributed by atoms with Gasteiger partial charge in [-0.2, -0.15) is 0 Å². The molecule has 1 N–H and O–H groups in total. The number of ether oxygens (including phenoxy) is 1. The Morgan fingerprint density at radius 3 is 2.55 bits per heavy atom. The van der Waals surface area contributed by atoms with Crippen LogP contribution in [-0.2, 0) is 12.0 Å². The minimum atomic E-state index is -0.0344. The molecule has 0 saturated carbocycles. The van der Waals surface area contributed by atoms with Gasteiger partial charge in [0.2, 0.25) is 0 Å². The van der Waals surface area contributed by atoms with E-state index in [1.807, 2.05) is 41.3 Å². The molecule has 5 nitrogen and oxygen atoms in total. The first-order valence-electron chi connectivity index (χ1n) is 10.4. The van der Waals surface area contributed by atoms with Gasteiger partial charge in [0.15, 0.2) is 0 Å². The minimum absolute atomic E-state index is 0.0344. The molecule has 0 bridgehead atoms. The van der Waals surface area contributed by atoms with Crippen LogP contribution in [-0.4, -0.2) is 54.5 Å². The number of methoxy groups -OCH3 is 1. The van der Waals surface area contributed by atoms with Crippen molar-refractivity contribution in [3.63, 3.8) is 0 Å². The molecule has 5 heteroatoms. The number of piperidine rings is 1. The second-order valence-corrected chi connectivity index (χ2v) is 8.25. The Morgan fingerprint density at radius 2 is 1.83 bits per heavy atom. The fraction of sp³-hybridized carbons (Fsp3) is 0.375. The van der Waals surface area contributed by atoms with Crippen molar-refractivity contribution in [3.05, 3.63) is 65.4 Å². The number of likely N-dealkylation sites (N-methyl/N-ethyl adjacent to an activating group) is 1. The van der Waals surface area contributed by atoms with Crippen molar-refractivity contribution in [3.8, 4) is 5.75 Å². The largest absolute Gasteiger partial charge is 0.497 e. The van der Waals surface area contributed by atoms with E-state index in [4.69, 9.17) is 4.74 Å². The zero-order valence-corrected chi connectivity index (χ0v) is 17.1. The highest BCUT2D eigenvalue weighted by Crippen LogP contribution is 2.45. The van der Waals surface area contributed by atoms with E-state index in [9.17, 15) is 4.79 Å². The number of carbonyl (C=O) groups excluding carboxylic acids is 1. The third-order valence-electron chi connectivity index (χ3n) is 6.91. The summed E-state index contributed by atoms with van der Waals surface area (Å²) in [7, 11) is 3.94. The summed E-state index contributed by atoms with van der Waals surface area (Å²) < 4.78 is 5.45. The van der Waals surface area contributed by atoms with E-state index in [1.54, 1.807) is 7.11 Å². The van der Waals surface area contributed by atoms with Crippen molar-refractivity contribution >= 4 is 16.8 Å². The molecule has 5 rings (SSSR count). The van der Waals surface area contributed by atoms with Gasteiger partial charge in [-0.3, -0.25) is 9.69 Å². The van der Waals surface area contributed by atoms with Gasteiger partial charge in [-0.15, -0.1) is 0 Å². The van der Waals surface area contributed by atoms with Crippen molar-refractivity contribution in [2.75, 3.05) is 33.8 Å². The smallest absolute Gasteiger partial charge is 0.253 e. The number of fused-ring (bicyclic) bond motifs is 4. The molecule has 2 aromatic carbocycles. The van der Waals surface area contributed by atoms with E-state index in [1.165, 1.54) is 22.2 Å². The number of likely N-dealkylation sites (tertiary alicyclic amines) is 1. The number of nitrogens with zero attached hydrogens (tertiary/aromatic N) is 2. The zero-order valence-electron chi connectivity index (χ0n) is 17.1. The summed E-state index contributed by atoms with van der Waals surface area (Å²) in [5.74, 6) is 1.04. The summed E-state index contributed by atoms with van der Waals surface area (Å²) in [6.07, 6.45) is 2.92. The lowest BCUT2D eigenvalue weighted by Crippen LogP contribution is -2.55. The van der Waals surface area contributed by atoms with Gasteiger partial charge in [0, 0.05) is 41.8 Å². The van der Waals surface area contributed by atoms with Crippen molar-refractivity contribution in [2.24, 2.45) is 0 Å². The van der Waals surface area contributed by atoms with Gasteiger partial charge in [0.25, 0.3) is 5.91 Å². The van der Waals surface area contributed by atoms with E-state index >= 15 is 0 Å². The number of aromatic amines is 1. The number of carbonyl (C=O) groups is 1. The summed E-state index contributed by atoms with van der Waals surface area (Å²) in [4.78, 5) is 21.1. The van der Waals surface area contributed by atoms with Crippen LogP contribution in [0.5, 0.6) is 5.75 Å². The zero-order chi connectivity index (χ0) is 20.0. The normalized spacial score (nSPS) is 18.8. The predicted octanol–water partition coefficient (Wildman–Crippen LogP) is 3.80. The number of nitrogens with one attached hydrogen (secondary N) is 1. The molecule has 2 aliphatic heterocycles. The average molecular weight is 389 g/mol. The summed E-state index contributed by atoms with van der Waals surface area (Å²) in [5, 5.41) is 1.27. The average Bonchev–Trinajstić information content (AvgIpc) is 3.16. The fourth-order valence-electron chi connectivity index (χ4n) is 5.17.